The molecule has 5 rings (SSSR count). The smallest absolute Gasteiger partial charge is 0.417 e. The van der Waals surface area contributed by atoms with E-state index < -0.39 is 29.4 Å². The van der Waals surface area contributed by atoms with Crippen molar-refractivity contribution in [2.75, 3.05) is 25.6 Å². The van der Waals surface area contributed by atoms with Crippen LogP contribution in [0.1, 0.15) is 30.6 Å². The van der Waals surface area contributed by atoms with E-state index in [2.05, 4.69) is 15.3 Å². The lowest BCUT2D eigenvalue weighted by Crippen LogP contribution is -2.41. The number of aromatic nitrogens is 4. The summed E-state index contributed by atoms with van der Waals surface area (Å²) in [7, 11) is 3.12. The number of aryl methyl sites for hydroxylation is 1. The lowest BCUT2D eigenvalue weighted by molar-refractivity contribution is -0.138. The molecule has 1 fully saturated rings. The van der Waals surface area contributed by atoms with E-state index in [0.29, 0.717) is 41.3 Å². The van der Waals surface area contributed by atoms with Crippen molar-refractivity contribution in [3.63, 3.8) is 0 Å². The molecule has 0 bridgehead atoms. The lowest BCUT2D eigenvalue weighted by Gasteiger charge is -2.32. The summed E-state index contributed by atoms with van der Waals surface area (Å²) in [4.78, 5) is 33.5. The molecule has 3 aromatic heterocycles. The zero-order valence-electron chi connectivity index (χ0n) is 22.6. The number of fused-ring (bicyclic) bond motifs is 1. The Balaban J connectivity index is 1.48. The Bertz CT molecular complexity index is 1650. The van der Waals surface area contributed by atoms with Crippen molar-refractivity contribution in [1.82, 2.24) is 19.1 Å². The van der Waals surface area contributed by atoms with Gasteiger partial charge in [-0.2, -0.15) is 13.2 Å². The SMILES string of the molecule is CO[C@@H]1CCOC[C@H]1n1cc(C(F)(F)F)cc(Nc2nc3ccc(Oc4ccnc(CC(C)=O)c4)cc3n2C)c1=O. The topological polar surface area (TPSA) is 110 Å². The largest absolute Gasteiger partial charge is 0.457 e. The molecule has 1 aliphatic heterocycles. The number of benzene rings is 1. The predicted octanol–water partition coefficient (Wildman–Crippen LogP) is 4.79. The van der Waals surface area contributed by atoms with E-state index in [-0.39, 0.29) is 30.4 Å². The van der Waals surface area contributed by atoms with Crippen LogP contribution in [0.4, 0.5) is 24.8 Å². The second kappa shape index (κ2) is 11.3. The Morgan fingerprint density at radius 2 is 1.98 bits per heavy atom. The normalized spacial score (nSPS) is 17.5. The first kappa shape index (κ1) is 28.3. The van der Waals surface area contributed by atoms with Gasteiger partial charge in [-0.05, 0) is 37.6 Å². The highest BCUT2D eigenvalue weighted by atomic mass is 19.4. The molecule has 4 heterocycles. The minimum Gasteiger partial charge on any atom is -0.457 e. The number of ether oxygens (including phenoxy) is 3. The van der Waals surface area contributed by atoms with Gasteiger partial charge >= 0.3 is 6.18 Å². The van der Waals surface area contributed by atoms with Gasteiger partial charge in [0.1, 0.15) is 23.0 Å². The molecule has 0 unspecified atom stereocenters. The molecular weight excluding hydrogens is 543 g/mol. The number of alkyl halides is 3. The van der Waals surface area contributed by atoms with Crippen LogP contribution in [0, 0.1) is 0 Å². The summed E-state index contributed by atoms with van der Waals surface area (Å²) in [6.45, 7) is 1.91. The summed E-state index contributed by atoms with van der Waals surface area (Å²) in [6, 6.07) is 8.48. The summed E-state index contributed by atoms with van der Waals surface area (Å²) in [5, 5.41) is 2.81. The molecule has 10 nitrogen and oxygen atoms in total. The minimum atomic E-state index is -4.69. The predicted molar refractivity (Wildman–Crippen MR) is 144 cm³/mol. The zero-order chi connectivity index (χ0) is 29.3. The van der Waals surface area contributed by atoms with Crippen molar-refractivity contribution in [3.05, 3.63) is 70.4 Å². The first-order valence-corrected chi connectivity index (χ1v) is 12.8. The van der Waals surface area contributed by atoms with E-state index in [1.54, 1.807) is 48.1 Å². The number of Topliss-reactive ketones (excluding diaryl/α,β-unsaturated/α-hetero) is 1. The highest BCUT2D eigenvalue weighted by Crippen LogP contribution is 2.33. The maximum Gasteiger partial charge on any atom is 0.417 e. The highest BCUT2D eigenvalue weighted by Gasteiger charge is 2.35. The summed E-state index contributed by atoms with van der Waals surface area (Å²) < 4.78 is 61.1. The van der Waals surface area contributed by atoms with Gasteiger partial charge in [0.15, 0.2) is 0 Å². The van der Waals surface area contributed by atoms with E-state index >= 15 is 0 Å². The zero-order valence-corrected chi connectivity index (χ0v) is 22.6. The lowest BCUT2D eigenvalue weighted by atomic mass is 10.1. The molecule has 0 radical (unpaired) electrons. The number of halogens is 3. The van der Waals surface area contributed by atoms with Crippen LogP contribution in [0.2, 0.25) is 0 Å². The average molecular weight is 572 g/mol. The number of hydrogen-bond acceptors (Lipinski definition) is 8. The van der Waals surface area contributed by atoms with Gasteiger partial charge in [0.05, 0.1) is 41.0 Å². The molecule has 4 aromatic rings. The highest BCUT2D eigenvalue weighted by molar-refractivity contribution is 5.81. The van der Waals surface area contributed by atoms with Crippen molar-refractivity contribution < 1.29 is 32.2 Å². The Labute approximate surface area is 232 Å². The minimum absolute atomic E-state index is 0.0240. The van der Waals surface area contributed by atoms with Crippen LogP contribution in [-0.2, 0) is 33.9 Å². The summed E-state index contributed by atoms with van der Waals surface area (Å²) in [6.07, 6.45) is -2.19. The fraction of sp³-hybridized carbons (Fsp3) is 0.357. The van der Waals surface area contributed by atoms with Gasteiger partial charge in [-0.15, -0.1) is 0 Å². The number of ketones is 1. The van der Waals surface area contributed by atoms with Gasteiger partial charge in [0.25, 0.3) is 5.56 Å². The van der Waals surface area contributed by atoms with Crippen LogP contribution in [0.5, 0.6) is 11.5 Å². The summed E-state index contributed by atoms with van der Waals surface area (Å²) >= 11 is 0. The molecule has 2 atom stereocenters. The third-order valence-corrected chi connectivity index (χ3v) is 6.85. The van der Waals surface area contributed by atoms with Gasteiger partial charge in [-0.25, -0.2) is 4.98 Å². The maximum absolute atomic E-state index is 13.9. The number of anilines is 2. The fourth-order valence-electron chi connectivity index (χ4n) is 4.80. The molecule has 0 spiro atoms. The summed E-state index contributed by atoms with van der Waals surface area (Å²) in [5.74, 6) is 1.10. The van der Waals surface area contributed by atoms with Crippen LogP contribution in [0.3, 0.4) is 0 Å². The molecule has 0 saturated carbocycles. The Morgan fingerprint density at radius 1 is 1.20 bits per heavy atom. The molecule has 1 saturated heterocycles. The van der Waals surface area contributed by atoms with Gasteiger partial charge in [0.2, 0.25) is 5.95 Å². The van der Waals surface area contributed by atoms with Crippen LogP contribution >= 0.6 is 0 Å². The van der Waals surface area contributed by atoms with Crippen LogP contribution in [0.25, 0.3) is 11.0 Å². The van der Waals surface area contributed by atoms with E-state index in [1.807, 2.05) is 0 Å². The summed E-state index contributed by atoms with van der Waals surface area (Å²) in [5.41, 5.74) is -0.227. The Morgan fingerprint density at radius 3 is 2.71 bits per heavy atom. The third-order valence-electron chi connectivity index (χ3n) is 6.85. The molecule has 1 N–H and O–H groups in total. The van der Waals surface area contributed by atoms with Gasteiger partial charge in [-0.3, -0.25) is 14.6 Å². The van der Waals surface area contributed by atoms with E-state index in [0.717, 1.165) is 16.8 Å². The van der Waals surface area contributed by atoms with Crippen molar-refractivity contribution in [1.29, 1.82) is 0 Å². The number of nitrogens with one attached hydrogen (secondary N) is 1. The van der Waals surface area contributed by atoms with Crippen LogP contribution in [0.15, 0.2) is 53.6 Å². The number of nitrogens with zero attached hydrogens (tertiary/aromatic N) is 4. The van der Waals surface area contributed by atoms with E-state index in [1.165, 1.54) is 14.0 Å². The molecule has 1 aromatic carbocycles. The molecule has 41 heavy (non-hydrogen) atoms. The van der Waals surface area contributed by atoms with E-state index in [9.17, 15) is 22.8 Å². The molecule has 0 aliphatic carbocycles. The number of carbonyl (C=O) groups excluding carboxylic acids is 1. The second-order valence-electron chi connectivity index (χ2n) is 9.79. The molecular formula is C28H28F3N5O5. The monoisotopic (exact) mass is 571 g/mol. The number of imidazole rings is 1. The molecule has 13 heteroatoms. The molecule has 216 valence electrons. The number of pyridine rings is 2. The van der Waals surface area contributed by atoms with Gasteiger partial charge in [0, 0.05) is 51.7 Å². The first-order valence-electron chi connectivity index (χ1n) is 12.8. The quantitative estimate of drug-likeness (QED) is 0.322. The maximum atomic E-state index is 13.9. The number of carbonyl (C=O) groups is 1. The van der Waals surface area contributed by atoms with Crippen LogP contribution in [-0.4, -0.2) is 51.3 Å². The van der Waals surface area contributed by atoms with Crippen molar-refractivity contribution >= 4 is 28.5 Å². The van der Waals surface area contributed by atoms with Crippen LogP contribution < -0.4 is 15.6 Å². The third kappa shape index (κ3) is 6.10. The second-order valence-corrected chi connectivity index (χ2v) is 9.79. The number of methoxy groups -OCH3 is 1. The molecule has 0 amide bonds. The van der Waals surface area contributed by atoms with E-state index in [4.69, 9.17) is 14.2 Å². The Hall–Kier alpha value is -4.23. The Kier molecular flexibility index (Phi) is 7.82. The average Bonchev–Trinajstić information content (AvgIpc) is 3.23. The number of hydrogen-bond donors (Lipinski definition) is 1. The standard InChI is InChI=1S/C28H28F3N5O5/c1-16(37)10-18-12-20(6-8-32-18)41-19-4-5-21-23(13-19)35(2)27(33-21)34-22-11-17(28(29,30)31)14-36(26(22)38)24-15-40-9-7-25(24)39-3/h4-6,8,11-14,24-25H,7,9-10,15H2,1-3H3,(H,33,34)/t24-,25-/m1/s1. The first-order chi connectivity index (χ1) is 19.5. The molecule has 1 aliphatic rings. The van der Waals surface area contributed by atoms with Gasteiger partial charge in [-0.1, -0.05) is 0 Å². The number of rotatable bonds is 8. The van der Waals surface area contributed by atoms with Crippen molar-refractivity contribution in [2.45, 2.75) is 38.1 Å². The fourth-order valence-corrected chi connectivity index (χ4v) is 4.80. The van der Waals surface area contributed by atoms with Crippen molar-refractivity contribution in [2.24, 2.45) is 7.05 Å². The van der Waals surface area contributed by atoms with Gasteiger partial charge < -0.3 is 28.7 Å². The van der Waals surface area contributed by atoms with Crippen molar-refractivity contribution in [3.8, 4) is 11.5 Å².